The zero-order valence-electron chi connectivity index (χ0n) is 17.7. The summed E-state index contributed by atoms with van der Waals surface area (Å²) in [5.74, 6) is -0.809. The molecule has 0 fully saturated rings. The van der Waals surface area contributed by atoms with Crippen LogP contribution in [0.15, 0.2) is 30.4 Å². The normalized spacial score (nSPS) is 11.4. The highest BCUT2D eigenvalue weighted by Crippen LogP contribution is 2.18. The fraction of sp³-hybridized carbons (Fsp3) is 0.640. The first-order valence-corrected chi connectivity index (χ1v) is 12.4. The lowest BCUT2D eigenvalue weighted by atomic mass is 10.0. The summed E-state index contributed by atoms with van der Waals surface area (Å²) in [4.78, 5) is 11.3. The quantitative estimate of drug-likeness (QED) is 0.133. The van der Waals surface area contributed by atoms with Gasteiger partial charge in [-0.25, -0.2) is 4.79 Å². The van der Waals surface area contributed by atoms with Crippen molar-refractivity contribution in [2.45, 2.75) is 103 Å². The van der Waals surface area contributed by atoms with E-state index in [0.29, 0.717) is 5.56 Å². The number of aromatic carboxylic acids is 1. The second-order valence-corrected chi connectivity index (χ2v) is 9.04. The minimum Gasteiger partial charge on any atom is -0.478 e. The van der Waals surface area contributed by atoms with Crippen LogP contribution in [0.1, 0.15) is 113 Å². The number of aryl methyl sites for hydroxylation is 1. The standard InChI is InChI=1S/C25H39IO2/c1-2-3-4-5-6-7-8-9-10-11-12-13-14-15-16-17-18-22-21-23(26)19-20-24(22)25(27)28/h9-10,19-21H,2-8,11-18H2,1H3,(H,27,28). The lowest BCUT2D eigenvalue weighted by Crippen LogP contribution is -2.03. The predicted molar refractivity (Wildman–Crippen MR) is 129 cm³/mol. The van der Waals surface area contributed by atoms with Gasteiger partial charge in [-0.3, -0.25) is 0 Å². The minimum absolute atomic E-state index is 0.466. The van der Waals surface area contributed by atoms with Gasteiger partial charge >= 0.3 is 5.97 Å². The van der Waals surface area contributed by atoms with Crippen LogP contribution in [-0.2, 0) is 6.42 Å². The molecule has 1 N–H and O–H groups in total. The zero-order valence-corrected chi connectivity index (χ0v) is 19.9. The summed E-state index contributed by atoms with van der Waals surface area (Å²) >= 11 is 2.25. The van der Waals surface area contributed by atoms with Crippen molar-refractivity contribution in [1.29, 1.82) is 0 Å². The van der Waals surface area contributed by atoms with E-state index in [1.807, 2.05) is 12.1 Å². The van der Waals surface area contributed by atoms with Gasteiger partial charge in [-0.1, -0.05) is 76.9 Å². The van der Waals surface area contributed by atoms with E-state index in [9.17, 15) is 9.90 Å². The van der Waals surface area contributed by atoms with E-state index in [4.69, 9.17) is 0 Å². The van der Waals surface area contributed by atoms with Crippen molar-refractivity contribution in [2.75, 3.05) is 0 Å². The SMILES string of the molecule is CCCCCCCCC=CCCCCCCCCc1cc(I)ccc1C(=O)O. The van der Waals surface area contributed by atoms with Crippen LogP contribution in [0.4, 0.5) is 0 Å². The number of benzene rings is 1. The lowest BCUT2D eigenvalue weighted by Gasteiger charge is -2.07. The number of carboxylic acids is 1. The largest absolute Gasteiger partial charge is 0.478 e. The minimum atomic E-state index is -0.809. The van der Waals surface area contributed by atoms with Crippen molar-refractivity contribution in [3.05, 3.63) is 45.0 Å². The number of hydrogen-bond donors (Lipinski definition) is 1. The van der Waals surface area contributed by atoms with Gasteiger partial charge in [0.15, 0.2) is 0 Å². The second-order valence-electron chi connectivity index (χ2n) is 7.79. The summed E-state index contributed by atoms with van der Waals surface area (Å²) in [5.41, 5.74) is 1.45. The van der Waals surface area contributed by atoms with E-state index in [-0.39, 0.29) is 0 Å². The van der Waals surface area contributed by atoms with E-state index in [0.717, 1.165) is 22.0 Å². The van der Waals surface area contributed by atoms with E-state index < -0.39 is 5.97 Å². The number of rotatable bonds is 17. The number of carboxylic acid groups (broad SMARTS) is 1. The number of carbonyl (C=O) groups is 1. The third kappa shape index (κ3) is 12.6. The monoisotopic (exact) mass is 498 g/mol. The van der Waals surface area contributed by atoms with Gasteiger partial charge < -0.3 is 5.11 Å². The van der Waals surface area contributed by atoms with Crippen molar-refractivity contribution in [3.8, 4) is 0 Å². The molecule has 3 heteroatoms. The van der Waals surface area contributed by atoms with Crippen molar-refractivity contribution in [2.24, 2.45) is 0 Å². The molecule has 0 heterocycles. The molecule has 1 aromatic rings. The number of halogens is 1. The van der Waals surface area contributed by atoms with E-state index >= 15 is 0 Å². The number of unbranched alkanes of at least 4 members (excludes halogenated alkanes) is 12. The Bertz CT molecular complexity index is 566. The van der Waals surface area contributed by atoms with Crippen molar-refractivity contribution >= 4 is 28.6 Å². The van der Waals surface area contributed by atoms with E-state index in [1.165, 1.54) is 83.5 Å². The van der Waals surface area contributed by atoms with Crippen LogP contribution in [0.2, 0.25) is 0 Å². The molecule has 0 aromatic heterocycles. The third-order valence-corrected chi connectivity index (χ3v) is 5.93. The molecular weight excluding hydrogens is 459 g/mol. The maximum Gasteiger partial charge on any atom is 0.335 e. The Labute approximate surface area is 186 Å². The zero-order chi connectivity index (χ0) is 20.5. The first kappa shape index (κ1) is 25.2. The molecule has 28 heavy (non-hydrogen) atoms. The lowest BCUT2D eigenvalue weighted by molar-refractivity contribution is 0.0695. The van der Waals surface area contributed by atoms with Crippen molar-refractivity contribution < 1.29 is 9.90 Å². The van der Waals surface area contributed by atoms with Gasteiger partial charge in [-0.2, -0.15) is 0 Å². The van der Waals surface area contributed by atoms with Crippen LogP contribution >= 0.6 is 22.6 Å². The van der Waals surface area contributed by atoms with E-state index in [1.54, 1.807) is 6.07 Å². The smallest absolute Gasteiger partial charge is 0.335 e. The summed E-state index contributed by atoms with van der Waals surface area (Å²) in [6.07, 6.45) is 23.8. The molecule has 1 aromatic carbocycles. The molecule has 1 rings (SSSR count). The predicted octanol–water partition coefficient (Wildman–Crippen LogP) is 8.57. The summed E-state index contributed by atoms with van der Waals surface area (Å²) in [7, 11) is 0. The fourth-order valence-corrected chi connectivity index (χ4v) is 4.10. The van der Waals surface area contributed by atoms with Crippen LogP contribution in [-0.4, -0.2) is 11.1 Å². The molecule has 0 aliphatic heterocycles. The van der Waals surface area contributed by atoms with Gasteiger partial charge in [0.05, 0.1) is 5.56 Å². The topological polar surface area (TPSA) is 37.3 Å². The van der Waals surface area contributed by atoms with Crippen molar-refractivity contribution in [1.82, 2.24) is 0 Å². The molecule has 0 aliphatic carbocycles. The molecule has 0 unspecified atom stereocenters. The average Bonchev–Trinajstić information content (AvgIpc) is 2.67. The Kier molecular flexibility index (Phi) is 15.3. The van der Waals surface area contributed by atoms with Crippen LogP contribution in [0.3, 0.4) is 0 Å². The van der Waals surface area contributed by atoms with Gasteiger partial charge in [-0.05, 0) is 84.9 Å². The fourth-order valence-electron chi connectivity index (χ4n) is 3.54. The van der Waals surface area contributed by atoms with Gasteiger partial charge in [0, 0.05) is 3.57 Å². The molecule has 0 amide bonds. The molecule has 0 spiro atoms. The van der Waals surface area contributed by atoms with Gasteiger partial charge in [0.2, 0.25) is 0 Å². The summed E-state index contributed by atoms with van der Waals surface area (Å²) in [5, 5.41) is 9.28. The molecule has 0 saturated heterocycles. The molecular formula is C25H39IO2. The highest BCUT2D eigenvalue weighted by atomic mass is 127. The first-order valence-electron chi connectivity index (χ1n) is 11.3. The van der Waals surface area contributed by atoms with Gasteiger partial charge in [-0.15, -0.1) is 0 Å². The molecule has 0 aliphatic rings. The summed E-state index contributed by atoms with van der Waals surface area (Å²) < 4.78 is 1.11. The maximum atomic E-state index is 11.3. The molecule has 2 nitrogen and oxygen atoms in total. The van der Waals surface area contributed by atoms with Gasteiger partial charge in [0.25, 0.3) is 0 Å². The van der Waals surface area contributed by atoms with Crippen LogP contribution in [0, 0.1) is 3.57 Å². The van der Waals surface area contributed by atoms with Crippen molar-refractivity contribution in [3.63, 3.8) is 0 Å². The molecule has 0 bridgehead atoms. The second kappa shape index (κ2) is 17.1. The first-order chi connectivity index (χ1) is 13.6. The average molecular weight is 498 g/mol. The highest BCUT2D eigenvalue weighted by molar-refractivity contribution is 14.1. The third-order valence-electron chi connectivity index (χ3n) is 5.26. The Balaban J connectivity index is 1.96. The van der Waals surface area contributed by atoms with Crippen LogP contribution < -0.4 is 0 Å². The number of allylic oxidation sites excluding steroid dienone is 2. The summed E-state index contributed by atoms with van der Waals surface area (Å²) in [6.45, 7) is 2.27. The van der Waals surface area contributed by atoms with E-state index in [2.05, 4.69) is 41.7 Å². The Morgan fingerprint density at radius 1 is 0.857 bits per heavy atom. The molecule has 0 radical (unpaired) electrons. The van der Waals surface area contributed by atoms with Crippen LogP contribution in [0.25, 0.3) is 0 Å². The van der Waals surface area contributed by atoms with Gasteiger partial charge in [0.1, 0.15) is 0 Å². The molecule has 158 valence electrons. The summed E-state index contributed by atoms with van der Waals surface area (Å²) in [6, 6.07) is 5.62. The van der Waals surface area contributed by atoms with Crippen LogP contribution in [0.5, 0.6) is 0 Å². The Hall–Kier alpha value is -0.840. The Morgan fingerprint density at radius 2 is 1.39 bits per heavy atom. The molecule has 0 saturated carbocycles. The highest BCUT2D eigenvalue weighted by Gasteiger charge is 2.09. The Morgan fingerprint density at radius 3 is 1.96 bits per heavy atom. The molecule has 0 atom stereocenters. The maximum absolute atomic E-state index is 11.3. The number of hydrogen-bond acceptors (Lipinski definition) is 1.